The van der Waals surface area contributed by atoms with E-state index in [9.17, 15) is 4.79 Å². The van der Waals surface area contributed by atoms with Gasteiger partial charge in [-0.2, -0.15) is 0 Å². The Morgan fingerprint density at radius 2 is 1.82 bits per heavy atom. The molecule has 0 spiro atoms. The quantitative estimate of drug-likeness (QED) is 0.293. The summed E-state index contributed by atoms with van der Waals surface area (Å²) in [4.78, 5) is 19.2. The van der Waals surface area contributed by atoms with Crippen LogP contribution in [0.5, 0.6) is 0 Å². The molecule has 4 heterocycles. The minimum Gasteiger partial charge on any atom is -0.440 e. The highest BCUT2D eigenvalue weighted by Crippen LogP contribution is 2.30. The Morgan fingerprint density at radius 3 is 2.65 bits per heavy atom. The van der Waals surface area contributed by atoms with Crippen molar-refractivity contribution in [1.82, 2.24) is 24.1 Å². The number of fused-ring (bicyclic) bond motifs is 3. The molecule has 6 aromatic rings. The van der Waals surface area contributed by atoms with Gasteiger partial charge < -0.3 is 4.42 Å². The first-order valence-electron chi connectivity index (χ1n) is 10.7. The average Bonchev–Trinajstić information content (AvgIpc) is 3.59. The molecule has 0 aliphatic rings. The molecule has 7 nitrogen and oxygen atoms in total. The lowest BCUT2D eigenvalue weighted by molar-refractivity contribution is 0.542. The van der Waals surface area contributed by atoms with E-state index in [2.05, 4.69) is 10.2 Å². The van der Waals surface area contributed by atoms with Crippen molar-refractivity contribution in [2.45, 2.75) is 24.8 Å². The molecule has 0 bridgehead atoms. The van der Waals surface area contributed by atoms with Crippen LogP contribution in [0, 0.1) is 13.8 Å². The molecule has 0 unspecified atom stereocenters. The highest BCUT2D eigenvalue weighted by atomic mass is 32.2. The number of hydrogen-bond donors (Lipinski definition) is 0. The molecule has 34 heavy (non-hydrogen) atoms. The molecule has 9 heteroatoms. The summed E-state index contributed by atoms with van der Waals surface area (Å²) in [7, 11) is 0. The third-order valence-corrected chi connectivity index (χ3v) is 7.51. The van der Waals surface area contributed by atoms with E-state index in [1.165, 1.54) is 11.8 Å². The lowest BCUT2D eigenvalue weighted by Crippen LogP contribution is -2.22. The molecule has 0 amide bonds. The van der Waals surface area contributed by atoms with E-state index in [1.807, 2.05) is 84.3 Å². The fourth-order valence-electron chi connectivity index (χ4n) is 4.00. The second-order valence-corrected chi connectivity index (χ2v) is 9.74. The zero-order chi connectivity index (χ0) is 23.2. The lowest BCUT2D eigenvalue weighted by atomic mass is 10.2. The van der Waals surface area contributed by atoms with Gasteiger partial charge in [0.2, 0.25) is 11.7 Å². The maximum Gasteiger partial charge on any atom is 0.267 e. The van der Waals surface area contributed by atoms with Crippen molar-refractivity contribution >= 4 is 39.8 Å². The minimum absolute atomic E-state index is 0.116. The van der Waals surface area contributed by atoms with Crippen molar-refractivity contribution in [3.63, 3.8) is 0 Å². The molecule has 0 radical (unpaired) electrons. The van der Waals surface area contributed by atoms with Crippen molar-refractivity contribution in [1.29, 1.82) is 0 Å². The van der Waals surface area contributed by atoms with Crippen LogP contribution in [-0.2, 0) is 5.75 Å². The number of aryl methyl sites for hydroxylation is 2. The van der Waals surface area contributed by atoms with Crippen LogP contribution in [-0.4, -0.2) is 24.1 Å². The van der Waals surface area contributed by atoms with Gasteiger partial charge in [-0.15, -0.1) is 21.5 Å². The number of nitrogens with zero attached hydrogens (tertiary/aromatic N) is 5. The van der Waals surface area contributed by atoms with E-state index in [4.69, 9.17) is 9.40 Å². The molecule has 168 valence electrons. The van der Waals surface area contributed by atoms with Gasteiger partial charge in [-0.1, -0.05) is 48.2 Å². The fraction of sp³-hybridized carbons (Fsp3) is 0.120. The van der Waals surface area contributed by atoms with Crippen molar-refractivity contribution < 1.29 is 4.42 Å². The van der Waals surface area contributed by atoms with Gasteiger partial charge in [0.15, 0.2) is 5.16 Å². The maximum absolute atomic E-state index is 13.5. The molecule has 4 aromatic heterocycles. The minimum atomic E-state index is -0.116. The lowest BCUT2D eigenvalue weighted by Gasteiger charge is -2.13. The molecule has 0 aliphatic carbocycles. The van der Waals surface area contributed by atoms with Crippen LogP contribution in [0.1, 0.15) is 17.0 Å². The topological polar surface area (TPSA) is 78.2 Å². The summed E-state index contributed by atoms with van der Waals surface area (Å²) in [6.45, 7) is 3.91. The highest BCUT2D eigenvalue weighted by Gasteiger charge is 2.20. The molecule has 6 rings (SSSR count). The average molecular weight is 486 g/mol. The maximum atomic E-state index is 13.5. The Morgan fingerprint density at radius 1 is 1.00 bits per heavy atom. The Hall–Kier alpha value is -3.69. The number of oxazole rings is 1. The Labute approximate surface area is 202 Å². The number of benzene rings is 2. The smallest absolute Gasteiger partial charge is 0.267 e. The van der Waals surface area contributed by atoms with Gasteiger partial charge in [0, 0.05) is 5.75 Å². The third-order valence-electron chi connectivity index (χ3n) is 5.71. The molecule has 0 saturated heterocycles. The zero-order valence-corrected chi connectivity index (χ0v) is 20.1. The Kier molecular flexibility index (Phi) is 5.08. The van der Waals surface area contributed by atoms with E-state index >= 15 is 0 Å². The van der Waals surface area contributed by atoms with Gasteiger partial charge in [0.25, 0.3) is 5.56 Å². The molecule has 0 saturated carbocycles. The molecular formula is C25H19N5O2S2. The van der Waals surface area contributed by atoms with Crippen LogP contribution in [0.4, 0.5) is 0 Å². The van der Waals surface area contributed by atoms with Crippen LogP contribution >= 0.6 is 23.1 Å². The summed E-state index contributed by atoms with van der Waals surface area (Å²) in [5, 5.41) is 12.2. The van der Waals surface area contributed by atoms with Gasteiger partial charge in [-0.05, 0) is 49.1 Å². The number of thioether (sulfide) groups is 1. The normalized spacial score (nSPS) is 11.6. The molecule has 0 N–H and O–H groups in total. The SMILES string of the molecule is Cc1ccccc1-n1c(=O)c2ccccc2n2c(SCc3nc(-c4cccs4)oc3C)nnc12. The second-order valence-electron chi connectivity index (χ2n) is 7.85. The van der Waals surface area contributed by atoms with Crippen LogP contribution in [0.25, 0.3) is 33.1 Å². The number of thiophene rings is 1. The van der Waals surface area contributed by atoms with Crippen molar-refractivity contribution in [3.8, 4) is 16.5 Å². The van der Waals surface area contributed by atoms with E-state index in [0.29, 0.717) is 28.0 Å². The van der Waals surface area contributed by atoms with Crippen LogP contribution in [0.2, 0.25) is 0 Å². The highest BCUT2D eigenvalue weighted by molar-refractivity contribution is 7.98. The zero-order valence-electron chi connectivity index (χ0n) is 18.4. The standard InChI is InChI=1S/C25H19N5O2S2/c1-15-8-3-5-10-19(15)29-23(31)17-9-4-6-11-20(17)30-24(29)27-28-25(30)34-14-18-16(2)32-22(26-18)21-12-7-13-33-21/h3-13H,14H2,1-2H3. The summed E-state index contributed by atoms with van der Waals surface area (Å²) >= 11 is 3.12. The molecule has 0 atom stereocenters. The van der Waals surface area contributed by atoms with Gasteiger partial charge in [0.05, 0.1) is 27.2 Å². The van der Waals surface area contributed by atoms with E-state index in [-0.39, 0.29) is 5.56 Å². The largest absolute Gasteiger partial charge is 0.440 e. The summed E-state index contributed by atoms with van der Waals surface area (Å²) in [5.41, 5.74) is 3.30. The predicted molar refractivity (Wildman–Crippen MR) is 135 cm³/mol. The van der Waals surface area contributed by atoms with E-state index < -0.39 is 0 Å². The van der Waals surface area contributed by atoms with Gasteiger partial charge in [-0.3, -0.25) is 9.20 Å². The molecule has 0 fully saturated rings. The molecular weight excluding hydrogens is 466 g/mol. The van der Waals surface area contributed by atoms with E-state index in [0.717, 1.165) is 33.1 Å². The number of hydrogen-bond acceptors (Lipinski definition) is 7. The van der Waals surface area contributed by atoms with Crippen molar-refractivity contribution in [3.05, 3.63) is 93.4 Å². The first-order valence-corrected chi connectivity index (χ1v) is 12.6. The monoisotopic (exact) mass is 485 g/mol. The van der Waals surface area contributed by atoms with Crippen LogP contribution < -0.4 is 5.56 Å². The van der Waals surface area contributed by atoms with Crippen LogP contribution in [0.3, 0.4) is 0 Å². The van der Waals surface area contributed by atoms with Gasteiger partial charge in [0.1, 0.15) is 5.76 Å². The summed E-state index contributed by atoms with van der Waals surface area (Å²) < 4.78 is 9.48. The van der Waals surface area contributed by atoms with E-state index in [1.54, 1.807) is 15.9 Å². The molecule has 0 aliphatic heterocycles. The Bertz CT molecular complexity index is 1710. The Balaban J connectivity index is 1.48. The van der Waals surface area contributed by atoms with Crippen molar-refractivity contribution in [2.24, 2.45) is 0 Å². The fourth-order valence-corrected chi connectivity index (χ4v) is 5.59. The predicted octanol–water partition coefficient (Wildman–Crippen LogP) is 5.66. The summed E-state index contributed by atoms with van der Waals surface area (Å²) in [6.07, 6.45) is 0. The van der Waals surface area contributed by atoms with Crippen LogP contribution in [0.15, 0.2) is 80.4 Å². The van der Waals surface area contributed by atoms with Gasteiger partial charge >= 0.3 is 0 Å². The number of para-hydroxylation sites is 2. The molecule has 2 aromatic carbocycles. The third kappa shape index (κ3) is 3.36. The summed E-state index contributed by atoms with van der Waals surface area (Å²) in [5.74, 6) is 2.47. The van der Waals surface area contributed by atoms with Crippen molar-refractivity contribution in [2.75, 3.05) is 0 Å². The number of aromatic nitrogens is 5. The first-order chi connectivity index (χ1) is 16.6. The second kappa shape index (κ2) is 8.27. The number of rotatable bonds is 5. The van der Waals surface area contributed by atoms with Gasteiger partial charge in [-0.25, -0.2) is 9.55 Å². The first kappa shape index (κ1) is 20.9. The summed E-state index contributed by atoms with van der Waals surface area (Å²) in [6, 6.07) is 19.3.